The Morgan fingerprint density at radius 3 is 2.44 bits per heavy atom. The number of aromatic hydroxyl groups is 1. The number of carboxylic acids is 1. The number of anilines is 2. The van der Waals surface area contributed by atoms with Crippen molar-refractivity contribution in [2.24, 2.45) is 0 Å². The van der Waals surface area contributed by atoms with Gasteiger partial charge in [0.05, 0.1) is 22.0 Å². The lowest BCUT2D eigenvalue weighted by Crippen LogP contribution is -2.20. The first kappa shape index (κ1) is 20.6. The number of carboxylic acid groups (broad SMARTS) is 1. The molecule has 0 spiro atoms. The van der Waals surface area contributed by atoms with Crippen LogP contribution in [0.15, 0.2) is 54.6 Å². The van der Waals surface area contributed by atoms with Crippen LogP contribution in [-0.4, -0.2) is 22.1 Å². The number of rotatable bonds is 4. The summed E-state index contributed by atoms with van der Waals surface area (Å²) in [6.07, 6.45) is 3.96. The predicted octanol–water partition coefficient (Wildman–Crippen LogP) is 6.49. The maximum absolute atomic E-state index is 13.6. The minimum Gasteiger partial charge on any atom is -0.507 e. The molecule has 7 heteroatoms. The normalized spacial score (nSPS) is 16.5. The van der Waals surface area contributed by atoms with Gasteiger partial charge in [0.15, 0.2) is 0 Å². The molecule has 160 valence electrons. The van der Waals surface area contributed by atoms with Gasteiger partial charge in [-0.25, -0.2) is 4.79 Å². The van der Waals surface area contributed by atoms with Gasteiger partial charge in [-0.3, -0.25) is 9.69 Å². The molecule has 3 aromatic carbocycles. The van der Waals surface area contributed by atoms with Crippen molar-refractivity contribution in [2.45, 2.75) is 18.8 Å². The Morgan fingerprint density at radius 1 is 1.03 bits per heavy atom. The Kier molecular flexibility index (Phi) is 4.96. The summed E-state index contributed by atoms with van der Waals surface area (Å²) < 4.78 is 0. The number of hydrogen-bond donors (Lipinski definition) is 2. The van der Waals surface area contributed by atoms with Gasteiger partial charge >= 0.3 is 5.97 Å². The van der Waals surface area contributed by atoms with E-state index in [1.807, 2.05) is 12.1 Å². The lowest BCUT2D eigenvalue weighted by molar-refractivity contribution is -0.112. The zero-order valence-electron chi connectivity index (χ0n) is 16.7. The van der Waals surface area contributed by atoms with E-state index in [1.54, 1.807) is 30.3 Å². The van der Waals surface area contributed by atoms with Crippen molar-refractivity contribution < 1.29 is 19.8 Å². The Morgan fingerprint density at radius 2 is 1.75 bits per heavy atom. The van der Waals surface area contributed by atoms with Gasteiger partial charge in [-0.1, -0.05) is 41.4 Å². The lowest BCUT2D eigenvalue weighted by atomic mass is 9.98. The molecule has 1 aliphatic heterocycles. The number of benzene rings is 3. The molecule has 2 aliphatic rings. The van der Waals surface area contributed by atoms with Gasteiger partial charge in [0.1, 0.15) is 11.3 Å². The Bertz CT molecular complexity index is 1330. The third-order valence-corrected chi connectivity index (χ3v) is 6.44. The summed E-state index contributed by atoms with van der Waals surface area (Å²) in [7, 11) is 0. The number of nitrogens with zero attached hydrogens (tertiary/aromatic N) is 1. The molecule has 1 saturated carbocycles. The number of fused-ring (bicyclic) bond motifs is 1. The van der Waals surface area contributed by atoms with E-state index in [2.05, 4.69) is 0 Å². The van der Waals surface area contributed by atoms with Crippen LogP contribution in [0.25, 0.3) is 11.6 Å². The van der Waals surface area contributed by atoms with Crippen LogP contribution in [0.4, 0.5) is 11.4 Å². The fourth-order valence-electron chi connectivity index (χ4n) is 4.13. The Labute approximate surface area is 194 Å². The van der Waals surface area contributed by atoms with Crippen LogP contribution >= 0.6 is 23.2 Å². The molecule has 2 N–H and O–H groups in total. The summed E-state index contributed by atoms with van der Waals surface area (Å²) in [6, 6.07) is 15.0. The highest BCUT2D eigenvalue weighted by Crippen LogP contribution is 2.48. The number of aromatic carboxylic acids is 1. The molecule has 0 atom stereocenters. The quantitative estimate of drug-likeness (QED) is 0.431. The fraction of sp³-hybridized carbons (Fsp3) is 0.120. The fourth-order valence-corrected chi connectivity index (χ4v) is 4.64. The summed E-state index contributed by atoms with van der Waals surface area (Å²) in [5.41, 5.74) is 3.52. The van der Waals surface area contributed by atoms with Gasteiger partial charge < -0.3 is 10.2 Å². The van der Waals surface area contributed by atoms with Gasteiger partial charge in [-0.15, -0.1) is 0 Å². The summed E-state index contributed by atoms with van der Waals surface area (Å²) in [5, 5.41) is 20.3. The first-order valence-corrected chi connectivity index (χ1v) is 10.8. The average Bonchev–Trinajstić information content (AvgIpc) is 3.54. The van der Waals surface area contributed by atoms with Crippen LogP contribution in [0.3, 0.4) is 0 Å². The second-order valence-corrected chi connectivity index (χ2v) is 8.67. The zero-order valence-corrected chi connectivity index (χ0v) is 18.2. The summed E-state index contributed by atoms with van der Waals surface area (Å²) in [5.74, 6) is -1.58. The van der Waals surface area contributed by atoms with E-state index in [-0.39, 0.29) is 11.5 Å². The third-order valence-electron chi connectivity index (χ3n) is 5.80. The molecule has 0 bridgehead atoms. The average molecular weight is 466 g/mol. The predicted molar refractivity (Wildman–Crippen MR) is 125 cm³/mol. The van der Waals surface area contributed by atoms with Crippen molar-refractivity contribution in [3.8, 4) is 5.75 Å². The molecule has 0 saturated heterocycles. The highest BCUT2D eigenvalue weighted by atomic mass is 35.5. The van der Waals surface area contributed by atoms with Crippen LogP contribution in [-0.2, 0) is 4.79 Å². The molecule has 1 fully saturated rings. The monoisotopic (exact) mass is 465 g/mol. The molecule has 0 aromatic heterocycles. The van der Waals surface area contributed by atoms with E-state index < -0.39 is 11.7 Å². The second-order valence-electron chi connectivity index (χ2n) is 7.86. The first-order chi connectivity index (χ1) is 15.4. The first-order valence-electron chi connectivity index (χ1n) is 10.1. The van der Waals surface area contributed by atoms with Gasteiger partial charge in [0.25, 0.3) is 5.91 Å². The SMILES string of the molecule is O=C(O)c1ccc(N2C(=O)C(=Cc3c(Cl)cccc3C3CC3)c3c(Cl)cccc32)cc1O. The lowest BCUT2D eigenvalue weighted by Gasteiger charge is -2.18. The molecule has 1 aliphatic carbocycles. The Hall–Kier alpha value is -3.28. The molecule has 0 unspecified atom stereocenters. The topological polar surface area (TPSA) is 77.8 Å². The smallest absolute Gasteiger partial charge is 0.339 e. The van der Waals surface area contributed by atoms with Crippen molar-refractivity contribution in [1.29, 1.82) is 0 Å². The van der Waals surface area contributed by atoms with E-state index in [9.17, 15) is 19.8 Å². The number of carbonyl (C=O) groups is 2. The van der Waals surface area contributed by atoms with Crippen molar-refractivity contribution in [1.82, 2.24) is 0 Å². The van der Waals surface area contributed by atoms with E-state index in [0.717, 1.165) is 24.0 Å². The summed E-state index contributed by atoms with van der Waals surface area (Å²) in [4.78, 5) is 26.3. The highest BCUT2D eigenvalue weighted by molar-refractivity contribution is 6.44. The number of amides is 1. The number of carbonyl (C=O) groups excluding carboxylic acids is 1. The van der Waals surface area contributed by atoms with E-state index in [0.29, 0.717) is 38.5 Å². The van der Waals surface area contributed by atoms with Crippen molar-refractivity contribution in [3.05, 3.63) is 86.9 Å². The van der Waals surface area contributed by atoms with E-state index in [4.69, 9.17) is 23.2 Å². The minimum atomic E-state index is -1.25. The standard InChI is InChI=1S/C25H17Cl2NO4/c26-19-4-1-3-15(13-7-8-13)17(19)12-18-23-20(27)5-2-6-21(23)28(24(18)30)14-9-10-16(25(31)32)22(29)11-14/h1-6,9-13,29H,7-8H2,(H,31,32). The molecule has 5 rings (SSSR count). The summed E-state index contributed by atoms with van der Waals surface area (Å²) in [6.45, 7) is 0. The summed E-state index contributed by atoms with van der Waals surface area (Å²) >= 11 is 13.0. The molecule has 0 radical (unpaired) electrons. The molecule has 3 aromatic rings. The largest absolute Gasteiger partial charge is 0.507 e. The molecule has 1 amide bonds. The van der Waals surface area contributed by atoms with Gasteiger partial charge in [-0.2, -0.15) is 0 Å². The molecular weight excluding hydrogens is 449 g/mol. The van der Waals surface area contributed by atoms with E-state index >= 15 is 0 Å². The van der Waals surface area contributed by atoms with Crippen LogP contribution < -0.4 is 4.90 Å². The molecular formula is C25H17Cl2NO4. The molecule has 1 heterocycles. The maximum atomic E-state index is 13.6. The second kappa shape index (κ2) is 7.69. The zero-order chi connectivity index (χ0) is 22.6. The minimum absolute atomic E-state index is 0.243. The maximum Gasteiger partial charge on any atom is 0.339 e. The number of hydrogen-bond acceptors (Lipinski definition) is 3. The highest BCUT2D eigenvalue weighted by Gasteiger charge is 2.36. The van der Waals surface area contributed by atoms with Gasteiger partial charge in [0.2, 0.25) is 0 Å². The van der Waals surface area contributed by atoms with Crippen LogP contribution in [0.5, 0.6) is 5.75 Å². The van der Waals surface area contributed by atoms with Crippen molar-refractivity contribution >= 4 is 58.1 Å². The van der Waals surface area contributed by atoms with Crippen LogP contribution in [0.2, 0.25) is 10.0 Å². The number of phenols is 1. The van der Waals surface area contributed by atoms with Crippen molar-refractivity contribution in [3.63, 3.8) is 0 Å². The van der Waals surface area contributed by atoms with Crippen molar-refractivity contribution in [2.75, 3.05) is 4.90 Å². The van der Waals surface area contributed by atoms with Crippen LogP contribution in [0.1, 0.15) is 45.8 Å². The number of halogens is 2. The van der Waals surface area contributed by atoms with Gasteiger partial charge in [0, 0.05) is 16.7 Å². The third kappa shape index (κ3) is 3.34. The van der Waals surface area contributed by atoms with Gasteiger partial charge in [-0.05, 0) is 66.3 Å². The Balaban J connectivity index is 1.68. The molecule has 32 heavy (non-hydrogen) atoms. The molecule has 5 nitrogen and oxygen atoms in total. The van der Waals surface area contributed by atoms with E-state index in [1.165, 1.54) is 23.1 Å². The van der Waals surface area contributed by atoms with Crippen LogP contribution in [0, 0.1) is 0 Å².